The van der Waals surface area contributed by atoms with E-state index in [1.165, 1.54) is 0 Å². The molecule has 0 N–H and O–H groups in total. The maximum atomic E-state index is 11.7. The monoisotopic (exact) mass is 374 g/mol. The molecule has 4 rings (SSSR count). The second kappa shape index (κ2) is 7.12. The first-order valence-electron chi connectivity index (χ1n) is 9.50. The first kappa shape index (κ1) is 17.7. The lowest BCUT2D eigenvalue weighted by atomic mass is 9.94. The fourth-order valence-electron chi connectivity index (χ4n) is 4.18. The van der Waals surface area contributed by atoms with Gasteiger partial charge in [-0.2, -0.15) is 5.10 Å². The molecule has 26 heavy (non-hydrogen) atoms. The Morgan fingerprint density at radius 2 is 1.85 bits per heavy atom. The van der Waals surface area contributed by atoms with Crippen molar-refractivity contribution in [1.29, 1.82) is 0 Å². The second-order valence-electron chi connectivity index (χ2n) is 7.34. The van der Waals surface area contributed by atoms with Gasteiger partial charge in [0.05, 0.1) is 11.5 Å². The summed E-state index contributed by atoms with van der Waals surface area (Å²) in [5, 5.41) is 4.70. The Labute approximate surface area is 155 Å². The Kier molecular flexibility index (Phi) is 4.84. The van der Waals surface area contributed by atoms with Crippen LogP contribution in [0.15, 0.2) is 30.3 Å². The Morgan fingerprint density at radius 1 is 1.12 bits per heavy atom. The number of rotatable bonds is 4. The maximum absolute atomic E-state index is 11.7. The third-order valence-corrected chi connectivity index (χ3v) is 7.40. The number of aryl methyl sites for hydroxylation is 1. The third kappa shape index (κ3) is 3.55. The molecule has 2 fully saturated rings. The van der Waals surface area contributed by atoms with E-state index in [0.717, 1.165) is 56.1 Å². The molecule has 3 heterocycles. The van der Waals surface area contributed by atoms with Crippen molar-refractivity contribution in [3.63, 3.8) is 0 Å². The highest BCUT2D eigenvalue weighted by Crippen LogP contribution is 2.31. The Morgan fingerprint density at radius 3 is 2.46 bits per heavy atom. The Balaban J connectivity index is 1.47. The molecule has 2 saturated heterocycles. The summed E-state index contributed by atoms with van der Waals surface area (Å²) in [5.41, 5.74) is 1.05. The SMILES string of the molecule is CCn1nc(-c2ccccc2)nc1C1CCN([C@@H]2CCS(=O)(=O)C2)CC1. The van der Waals surface area contributed by atoms with Gasteiger partial charge in [0.1, 0.15) is 5.82 Å². The van der Waals surface area contributed by atoms with Crippen LogP contribution in [-0.4, -0.2) is 58.7 Å². The molecule has 6 nitrogen and oxygen atoms in total. The van der Waals surface area contributed by atoms with Crippen molar-refractivity contribution >= 4 is 9.84 Å². The summed E-state index contributed by atoms with van der Waals surface area (Å²) < 4.78 is 25.5. The lowest BCUT2D eigenvalue weighted by Crippen LogP contribution is -2.42. The van der Waals surface area contributed by atoms with Crippen LogP contribution in [-0.2, 0) is 16.4 Å². The maximum Gasteiger partial charge on any atom is 0.181 e. The van der Waals surface area contributed by atoms with Crippen LogP contribution in [0.5, 0.6) is 0 Å². The molecule has 1 aromatic heterocycles. The molecular formula is C19H26N4O2S. The van der Waals surface area contributed by atoms with Crippen molar-refractivity contribution in [3.05, 3.63) is 36.2 Å². The molecule has 0 aliphatic carbocycles. The molecule has 0 amide bonds. The molecule has 0 radical (unpaired) electrons. The molecule has 0 unspecified atom stereocenters. The molecule has 2 aromatic rings. The number of piperidine rings is 1. The summed E-state index contributed by atoms with van der Waals surface area (Å²) in [6, 6.07) is 10.3. The Bertz CT molecular complexity index is 855. The van der Waals surface area contributed by atoms with E-state index in [4.69, 9.17) is 10.1 Å². The predicted molar refractivity (Wildman–Crippen MR) is 102 cm³/mol. The van der Waals surface area contributed by atoms with E-state index in [-0.39, 0.29) is 6.04 Å². The van der Waals surface area contributed by atoms with Gasteiger partial charge in [-0.3, -0.25) is 4.90 Å². The van der Waals surface area contributed by atoms with Crippen LogP contribution in [0.1, 0.15) is 37.9 Å². The molecule has 2 aliphatic heterocycles. The number of likely N-dealkylation sites (tertiary alicyclic amines) is 1. The van der Waals surface area contributed by atoms with Crippen LogP contribution in [0.4, 0.5) is 0 Å². The van der Waals surface area contributed by atoms with E-state index in [2.05, 4.69) is 11.8 Å². The molecule has 0 saturated carbocycles. The molecule has 2 aliphatic rings. The second-order valence-corrected chi connectivity index (χ2v) is 9.57. The number of hydrogen-bond acceptors (Lipinski definition) is 5. The van der Waals surface area contributed by atoms with Crippen molar-refractivity contribution in [2.45, 2.75) is 44.7 Å². The van der Waals surface area contributed by atoms with Gasteiger partial charge in [-0.05, 0) is 39.3 Å². The largest absolute Gasteiger partial charge is 0.299 e. The smallest absolute Gasteiger partial charge is 0.181 e. The zero-order valence-corrected chi connectivity index (χ0v) is 16.0. The zero-order chi connectivity index (χ0) is 18.1. The molecule has 1 aromatic carbocycles. The first-order chi connectivity index (χ1) is 12.6. The molecule has 0 spiro atoms. The minimum absolute atomic E-state index is 0.213. The zero-order valence-electron chi connectivity index (χ0n) is 15.2. The van der Waals surface area contributed by atoms with E-state index < -0.39 is 9.84 Å². The van der Waals surface area contributed by atoms with Gasteiger partial charge < -0.3 is 0 Å². The van der Waals surface area contributed by atoms with E-state index in [1.54, 1.807) is 0 Å². The summed E-state index contributed by atoms with van der Waals surface area (Å²) >= 11 is 0. The van der Waals surface area contributed by atoms with Gasteiger partial charge >= 0.3 is 0 Å². The highest BCUT2D eigenvalue weighted by molar-refractivity contribution is 7.91. The summed E-state index contributed by atoms with van der Waals surface area (Å²) in [6.45, 7) is 4.81. The predicted octanol–water partition coefficient (Wildman–Crippen LogP) is 2.33. The minimum atomic E-state index is -2.82. The van der Waals surface area contributed by atoms with Crippen LogP contribution < -0.4 is 0 Å². The number of aromatic nitrogens is 3. The lowest BCUT2D eigenvalue weighted by molar-refractivity contribution is 0.161. The average Bonchev–Trinajstić information content (AvgIpc) is 3.26. The van der Waals surface area contributed by atoms with E-state index in [1.807, 2.05) is 35.0 Å². The summed E-state index contributed by atoms with van der Waals surface area (Å²) in [6.07, 6.45) is 2.82. The number of nitrogens with zero attached hydrogens (tertiary/aromatic N) is 4. The fourth-order valence-corrected chi connectivity index (χ4v) is 5.95. The van der Waals surface area contributed by atoms with Crippen molar-refractivity contribution in [3.8, 4) is 11.4 Å². The van der Waals surface area contributed by atoms with Crippen LogP contribution in [0.2, 0.25) is 0 Å². The van der Waals surface area contributed by atoms with Gasteiger partial charge in [0.2, 0.25) is 0 Å². The molecular weight excluding hydrogens is 348 g/mol. The molecule has 7 heteroatoms. The van der Waals surface area contributed by atoms with E-state index >= 15 is 0 Å². The quantitative estimate of drug-likeness (QED) is 0.822. The first-order valence-corrected chi connectivity index (χ1v) is 11.3. The highest BCUT2D eigenvalue weighted by atomic mass is 32.2. The number of hydrogen-bond donors (Lipinski definition) is 0. The molecule has 1 atom stereocenters. The molecule has 140 valence electrons. The summed E-state index contributed by atoms with van der Waals surface area (Å²) in [4.78, 5) is 7.22. The van der Waals surface area contributed by atoms with Crippen molar-refractivity contribution in [2.75, 3.05) is 24.6 Å². The summed E-state index contributed by atoms with van der Waals surface area (Å²) in [5.74, 6) is 2.95. The van der Waals surface area contributed by atoms with Crippen LogP contribution in [0.3, 0.4) is 0 Å². The Hall–Kier alpha value is -1.73. The summed E-state index contributed by atoms with van der Waals surface area (Å²) in [7, 11) is -2.82. The van der Waals surface area contributed by atoms with Gasteiger partial charge in [0, 0.05) is 24.1 Å². The van der Waals surface area contributed by atoms with Gasteiger partial charge in [-0.15, -0.1) is 0 Å². The van der Waals surface area contributed by atoms with Crippen LogP contribution >= 0.6 is 0 Å². The van der Waals surface area contributed by atoms with Crippen LogP contribution in [0.25, 0.3) is 11.4 Å². The molecule has 0 bridgehead atoms. The van der Waals surface area contributed by atoms with Crippen molar-refractivity contribution < 1.29 is 8.42 Å². The van der Waals surface area contributed by atoms with Crippen molar-refractivity contribution in [2.24, 2.45) is 0 Å². The topological polar surface area (TPSA) is 68.1 Å². The minimum Gasteiger partial charge on any atom is -0.299 e. The van der Waals surface area contributed by atoms with Gasteiger partial charge in [-0.25, -0.2) is 18.1 Å². The van der Waals surface area contributed by atoms with Gasteiger partial charge in [0.25, 0.3) is 0 Å². The number of benzene rings is 1. The normalized spacial score (nSPS) is 24.1. The lowest BCUT2D eigenvalue weighted by Gasteiger charge is -2.35. The average molecular weight is 375 g/mol. The van der Waals surface area contributed by atoms with E-state index in [9.17, 15) is 8.42 Å². The van der Waals surface area contributed by atoms with Gasteiger partial charge in [-0.1, -0.05) is 30.3 Å². The van der Waals surface area contributed by atoms with Gasteiger partial charge in [0.15, 0.2) is 15.7 Å². The number of sulfone groups is 1. The standard InChI is InChI=1S/C19H26N4O2S/c1-2-23-19(20-18(21-23)15-6-4-3-5-7-15)16-8-11-22(12-9-16)17-10-13-26(24,25)14-17/h3-7,16-17H,2,8-14H2,1H3/t17-/m1/s1. The van der Waals surface area contributed by atoms with Crippen molar-refractivity contribution in [1.82, 2.24) is 19.7 Å². The van der Waals surface area contributed by atoms with E-state index in [0.29, 0.717) is 17.4 Å². The highest BCUT2D eigenvalue weighted by Gasteiger charge is 2.35. The fraction of sp³-hybridized carbons (Fsp3) is 0.579. The third-order valence-electron chi connectivity index (χ3n) is 5.65. The van der Waals surface area contributed by atoms with Crippen LogP contribution in [0, 0.1) is 0 Å².